The molecule has 122 valence electrons. The molecule has 0 aliphatic carbocycles. The minimum absolute atomic E-state index is 0.0655. The van der Waals surface area contributed by atoms with Crippen molar-refractivity contribution < 1.29 is 14.5 Å². The molecule has 0 fully saturated rings. The fourth-order valence-corrected chi connectivity index (χ4v) is 2.36. The quantitative estimate of drug-likeness (QED) is 0.406. The van der Waals surface area contributed by atoms with Crippen molar-refractivity contribution in [2.24, 2.45) is 0 Å². The van der Waals surface area contributed by atoms with E-state index in [0.717, 1.165) is 11.8 Å². The number of aromatic amines is 1. The number of methoxy groups -OCH3 is 1. The Balaban J connectivity index is 2.06. The van der Waals surface area contributed by atoms with E-state index in [9.17, 15) is 14.9 Å². The molecule has 0 spiro atoms. The summed E-state index contributed by atoms with van der Waals surface area (Å²) < 4.78 is 4.98. The second-order valence-electron chi connectivity index (χ2n) is 4.44. The van der Waals surface area contributed by atoms with E-state index >= 15 is 0 Å². The van der Waals surface area contributed by atoms with E-state index in [1.54, 1.807) is 6.92 Å². The zero-order valence-electron chi connectivity index (χ0n) is 12.3. The molecule has 4 N–H and O–H groups in total. The number of nitrogen functional groups attached to an aromatic ring is 1. The van der Waals surface area contributed by atoms with Crippen LogP contribution in [0.4, 0.5) is 17.3 Å². The van der Waals surface area contributed by atoms with Crippen molar-refractivity contribution >= 4 is 35.0 Å². The van der Waals surface area contributed by atoms with Crippen molar-refractivity contribution in [1.29, 1.82) is 0 Å². The first-order valence-corrected chi connectivity index (χ1v) is 7.33. The number of nitrogens with two attached hydrogens (primary N) is 1. The fraction of sp³-hybridized carbons (Fsp3) is 0.250. The van der Waals surface area contributed by atoms with Gasteiger partial charge in [0.2, 0.25) is 17.0 Å². The highest BCUT2D eigenvalue weighted by Crippen LogP contribution is 2.32. The van der Waals surface area contributed by atoms with Crippen LogP contribution in [-0.2, 0) is 4.79 Å². The van der Waals surface area contributed by atoms with Gasteiger partial charge in [-0.15, -0.1) is 5.10 Å². The van der Waals surface area contributed by atoms with Gasteiger partial charge < -0.3 is 15.8 Å². The van der Waals surface area contributed by atoms with E-state index in [2.05, 4.69) is 20.5 Å². The molecule has 0 saturated heterocycles. The number of hydrogen-bond donors (Lipinski definition) is 3. The Labute approximate surface area is 135 Å². The van der Waals surface area contributed by atoms with Crippen LogP contribution in [0.2, 0.25) is 0 Å². The highest BCUT2D eigenvalue weighted by atomic mass is 32.2. The van der Waals surface area contributed by atoms with Crippen LogP contribution in [0.3, 0.4) is 0 Å². The number of nitrogens with zero attached hydrogens (tertiary/aromatic N) is 3. The van der Waals surface area contributed by atoms with E-state index in [4.69, 9.17) is 10.5 Å². The van der Waals surface area contributed by atoms with E-state index in [1.807, 2.05) is 0 Å². The number of H-pyrrole nitrogens is 1. The van der Waals surface area contributed by atoms with Gasteiger partial charge in [-0.25, -0.2) is 5.10 Å². The number of ether oxygens (including phenoxy) is 1. The van der Waals surface area contributed by atoms with E-state index in [1.165, 1.54) is 19.2 Å². The Hall–Kier alpha value is -2.82. The molecule has 0 bridgehead atoms. The number of thioether (sulfide) groups is 1. The number of nitro benzene ring substituents is 1. The van der Waals surface area contributed by atoms with Crippen LogP contribution in [0.1, 0.15) is 5.56 Å². The molecule has 1 amide bonds. The number of nitrogens with one attached hydrogen (secondary N) is 2. The zero-order chi connectivity index (χ0) is 17.0. The topological polar surface area (TPSA) is 149 Å². The van der Waals surface area contributed by atoms with Crippen LogP contribution >= 0.6 is 11.8 Å². The van der Waals surface area contributed by atoms with Crippen molar-refractivity contribution in [1.82, 2.24) is 15.2 Å². The number of rotatable bonds is 6. The molecule has 0 unspecified atom stereocenters. The van der Waals surface area contributed by atoms with Crippen molar-refractivity contribution in [3.63, 3.8) is 0 Å². The third kappa shape index (κ3) is 4.10. The summed E-state index contributed by atoms with van der Waals surface area (Å²) in [6.45, 7) is 1.66. The normalized spacial score (nSPS) is 10.3. The highest BCUT2D eigenvalue weighted by molar-refractivity contribution is 7.99. The van der Waals surface area contributed by atoms with Crippen molar-refractivity contribution in [2.45, 2.75) is 12.1 Å². The highest BCUT2D eigenvalue weighted by Gasteiger charge is 2.18. The number of nitro groups is 1. The molecule has 0 aliphatic heterocycles. The molecule has 0 aliphatic rings. The first-order chi connectivity index (χ1) is 10.9. The average Bonchev–Trinajstić information content (AvgIpc) is 2.92. The maximum absolute atomic E-state index is 12.0. The molecule has 0 atom stereocenters. The number of aryl methyl sites for hydroxylation is 1. The standard InChI is InChI=1S/C12H14N6O4S/c1-6-3-8(18(20)21)9(22-2)4-7(6)14-10(19)5-23-12-15-11(13)16-17-12/h3-4H,5H2,1-2H3,(H,14,19)(H3,13,15,16,17). The van der Waals surface area contributed by atoms with Crippen LogP contribution in [0.15, 0.2) is 17.3 Å². The minimum atomic E-state index is -0.541. The minimum Gasteiger partial charge on any atom is -0.490 e. The molecule has 23 heavy (non-hydrogen) atoms. The lowest BCUT2D eigenvalue weighted by molar-refractivity contribution is -0.385. The summed E-state index contributed by atoms with van der Waals surface area (Å²) in [5, 5.41) is 20.2. The van der Waals surface area contributed by atoms with E-state index in [-0.39, 0.29) is 29.0 Å². The van der Waals surface area contributed by atoms with Gasteiger partial charge in [-0.05, 0) is 12.5 Å². The Kier molecular flexibility index (Phi) is 5.01. The summed E-state index contributed by atoms with van der Waals surface area (Å²) in [6.07, 6.45) is 0. The zero-order valence-corrected chi connectivity index (χ0v) is 13.1. The summed E-state index contributed by atoms with van der Waals surface area (Å²) in [6, 6.07) is 2.76. The van der Waals surface area contributed by atoms with Gasteiger partial charge in [-0.1, -0.05) is 11.8 Å². The Morgan fingerprint density at radius 1 is 1.57 bits per heavy atom. The second-order valence-corrected chi connectivity index (χ2v) is 5.38. The van der Waals surface area contributed by atoms with Gasteiger partial charge in [0.1, 0.15) is 0 Å². The van der Waals surface area contributed by atoms with Crippen LogP contribution in [0.25, 0.3) is 0 Å². The first-order valence-electron chi connectivity index (χ1n) is 6.34. The molecule has 0 saturated carbocycles. The molecule has 11 heteroatoms. The van der Waals surface area contributed by atoms with Crippen LogP contribution < -0.4 is 15.8 Å². The Morgan fingerprint density at radius 3 is 2.87 bits per heavy atom. The molecular weight excluding hydrogens is 324 g/mol. The van der Waals surface area contributed by atoms with Gasteiger partial charge in [-0.2, -0.15) is 4.98 Å². The number of amides is 1. The predicted octanol–water partition coefficient (Wildman–Crippen LogP) is 1.34. The van der Waals surface area contributed by atoms with Gasteiger partial charge in [0.25, 0.3) is 0 Å². The lowest BCUT2D eigenvalue weighted by Gasteiger charge is -2.10. The average molecular weight is 338 g/mol. The van der Waals surface area contributed by atoms with Gasteiger partial charge in [0, 0.05) is 17.8 Å². The lowest BCUT2D eigenvalue weighted by Crippen LogP contribution is -2.15. The maximum atomic E-state index is 12.0. The SMILES string of the molecule is COc1cc(NC(=O)CSc2n[nH]c(N)n2)c(C)cc1[N+](=O)[O-]. The molecular formula is C12H14N6O4S. The smallest absolute Gasteiger partial charge is 0.311 e. The molecule has 0 radical (unpaired) electrons. The molecule has 1 aromatic carbocycles. The monoisotopic (exact) mass is 338 g/mol. The summed E-state index contributed by atoms with van der Waals surface area (Å²) in [4.78, 5) is 26.2. The summed E-state index contributed by atoms with van der Waals surface area (Å²) in [5.41, 5.74) is 6.22. The second kappa shape index (κ2) is 6.96. The Morgan fingerprint density at radius 2 is 2.30 bits per heavy atom. The first kappa shape index (κ1) is 16.5. The Bertz CT molecular complexity index is 747. The number of benzene rings is 1. The van der Waals surface area contributed by atoms with Gasteiger partial charge in [0.15, 0.2) is 5.75 Å². The molecule has 2 rings (SSSR count). The van der Waals surface area contributed by atoms with E-state index < -0.39 is 4.92 Å². The lowest BCUT2D eigenvalue weighted by atomic mass is 10.1. The van der Waals surface area contributed by atoms with E-state index in [0.29, 0.717) is 16.4 Å². The predicted molar refractivity (Wildman–Crippen MR) is 84.5 cm³/mol. The summed E-state index contributed by atoms with van der Waals surface area (Å²) >= 11 is 1.11. The van der Waals surface area contributed by atoms with Crippen LogP contribution in [0, 0.1) is 17.0 Å². The van der Waals surface area contributed by atoms with Crippen molar-refractivity contribution in [2.75, 3.05) is 23.9 Å². The van der Waals surface area contributed by atoms with Crippen LogP contribution in [-0.4, -0.2) is 38.9 Å². The fourth-order valence-electron chi connectivity index (χ4n) is 1.75. The largest absolute Gasteiger partial charge is 0.490 e. The molecule has 1 heterocycles. The molecule has 10 nitrogen and oxygen atoms in total. The number of anilines is 2. The van der Waals surface area contributed by atoms with Gasteiger partial charge >= 0.3 is 5.69 Å². The number of carbonyl (C=O) groups excluding carboxylic acids is 1. The number of aromatic nitrogens is 3. The number of carbonyl (C=O) groups is 1. The van der Waals surface area contributed by atoms with Gasteiger partial charge in [-0.3, -0.25) is 14.9 Å². The molecule has 2 aromatic rings. The van der Waals surface area contributed by atoms with Crippen molar-refractivity contribution in [3.8, 4) is 5.75 Å². The summed E-state index contributed by atoms with van der Waals surface area (Å²) in [7, 11) is 1.33. The number of hydrogen-bond acceptors (Lipinski definition) is 8. The van der Waals surface area contributed by atoms with Crippen LogP contribution in [0.5, 0.6) is 5.75 Å². The third-order valence-electron chi connectivity index (χ3n) is 2.81. The third-order valence-corrected chi connectivity index (χ3v) is 3.66. The van der Waals surface area contributed by atoms with Gasteiger partial charge in [0.05, 0.1) is 17.8 Å². The van der Waals surface area contributed by atoms with Crippen molar-refractivity contribution in [3.05, 3.63) is 27.8 Å². The maximum Gasteiger partial charge on any atom is 0.311 e. The summed E-state index contributed by atoms with van der Waals surface area (Å²) in [5.74, 6) is 0.00211. The molecule has 1 aromatic heterocycles.